The lowest BCUT2D eigenvalue weighted by molar-refractivity contribution is -0.149. The number of carbonyl (C=O) groups excluding carboxylic acids is 1. The highest BCUT2D eigenvalue weighted by Crippen LogP contribution is 2.19. The number of rotatable bonds is 9. The van der Waals surface area contributed by atoms with Gasteiger partial charge in [-0.3, -0.25) is 4.79 Å². The molecule has 146 valence electrons. The fourth-order valence-electron chi connectivity index (χ4n) is 3.01. The summed E-state index contributed by atoms with van der Waals surface area (Å²) in [4.78, 5) is 14.2. The smallest absolute Gasteiger partial charge is 0.309 e. The third-order valence-electron chi connectivity index (χ3n) is 4.50. The zero-order chi connectivity index (χ0) is 19.0. The van der Waals surface area contributed by atoms with E-state index in [-0.39, 0.29) is 16.8 Å². The van der Waals surface area contributed by atoms with Crippen LogP contribution < -0.4 is 9.88 Å². The normalized spacial score (nSPS) is 16.4. The van der Waals surface area contributed by atoms with E-state index in [1.807, 2.05) is 6.92 Å². The molecule has 1 aromatic carbocycles. The molecule has 0 aromatic heterocycles. The molecular formula is C18H28N2O5S. The molecule has 1 aliphatic rings. The maximum Gasteiger partial charge on any atom is 0.309 e. The Bertz CT molecular complexity index is 667. The number of likely N-dealkylation sites (tertiary alicyclic amines) is 1. The Hall–Kier alpha value is -1.64. The van der Waals surface area contributed by atoms with E-state index >= 15 is 0 Å². The van der Waals surface area contributed by atoms with Crippen LogP contribution in [0.15, 0.2) is 29.2 Å². The number of benzene rings is 1. The Morgan fingerprint density at radius 1 is 1.19 bits per heavy atom. The summed E-state index contributed by atoms with van der Waals surface area (Å²) in [6.07, 6.45) is 3.66. The number of ether oxygens (including phenoxy) is 2. The van der Waals surface area contributed by atoms with Gasteiger partial charge in [0.1, 0.15) is 5.75 Å². The molecule has 0 radical (unpaired) electrons. The highest BCUT2D eigenvalue weighted by Gasteiger charge is 2.25. The maximum atomic E-state index is 11.7. The van der Waals surface area contributed by atoms with E-state index in [4.69, 9.17) is 14.6 Å². The minimum absolute atomic E-state index is 0.0508. The molecule has 1 saturated heterocycles. The van der Waals surface area contributed by atoms with Crippen LogP contribution in [0.2, 0.25) is 0 Å². The van der Waals surface area contributed by atoms with Crippen LogP contribution >= 0.6 is 0 Å². The van der Waals surface area contributed by atoms with Gasteiger partial charge in [-0.25, -0.2) is 13.6 Å². The van der Waals surface area contributed by atoms with Crippen molar-refractivity contribution in [2.75, 3.05) is 32.8 Å². The Morgan fingerprint density at radius 3 is 2.42 bits per heavy atom. The van der Waals surface area contributed by atoms with E-state index in [0.29, 0.717) is 19.0 Å². The highest BCUT2D eigenvalue weighted by molar-refractivity contribution is 7.89. The first-order valence-electron chi connectivity index (χ1n) is 9.05. The van der Waals surface area contributed by atoms with Crippen LogP contribution in [0.5, 0.6) is 5.75 Å². The van der Waals surface area contributed by atoms with Crippen molar-refractivity contribution < 1.29 is 22.7 Å². The summed E-state index contributed by atoms with van der Waals surface area (Å²) < 4.78 is 33.1. The number of nitrogens with zero attached hydrogens (tertiary/aromatic N) is 1. The van der Waals surface area contributed by atoms with Gasteiger partial charge in [0.25, 0.3) is 0 Å². The van der Waals surface area contributed by atoms with E-state index in [2.05, 4.69) is 4.90 Å². The van der Waals surface area contributed by atoms with Crippen molar-refractivity contribution >= 4 is 16.0 Å². The van der Waals surface area contributed by atoms with E-state index < -0.39 is 10.0 Å². The zero-order valence-electron chi connectivity index (χ0n) is 15.2. The number of primary sulfonamides is 1. The molecule has 2 N–H and O–H groups in total. The predicted octanol–water partition coefficient (Wildman–Crippen LogP) is 1.77. The first kappa shape index (κ1) is 20.7. The van der Waals surface area contributed by atoms with Gasteiger partial charge < -0.3 is 14.4 Å². The van der Waals surface area contributed by atoms with E-state index in [1.54, 1.807) is 12.1 Å². The average molecular weight is 384 g/mol. The van der Waals surface area contributed by atoms with Gasteiger partial charge in [0.2, 0.25) is 10.0 Å². The monoisotopic (exact) mass is 384 g/mol. The number of unbranched alkanes of at least 4 members (excludes halogenated alkanes) is 1. The second-order valence-electron chi connectivity index (χ2n) is 6.44. The zero-order valence-corrected chi connectivity index (χ0v) is 16.0. The van der Waals surface area contributed by atoms with Gasteiger partial charge >= 0.3 is 5.97 Å². The average Bonchev–Trinajstić information content (AvgIpc) is 2.62. The predicted molar refractivity (Wildman–Crippen MR) is 98.3 cm³/mol. The molecule has 0 saturated carbocycles. The molecule has 1 heterocycles. The van der Waals surface area contributed by atoms with E-state index in [1.165, 1.54) is 12.1 Å². The standard InChI is InChI=1S/C18H28N2O5S/c1-2-24-18(21)15-9-12-20(13-10-15)11-3-4-14-25-16-5-7-17(8-6-16)26(19,22)23/h5-8,15H,2-4,9-14H2,1H3,(H2,19,22,23). The summed E-state index contributed by atoms with van der Waals surface area (Å²) in [7, 11) is -3.66. The lowest BCUT2D eigenvalue weighted by Crippen LogP contribution is -2.37. The number of sulfonamides is 1. The van der Waals surface area contributed by atoms with Gasteiger partial charge in [-0.1, -0.05) is 0 Å². The molecule has 1 fully saturated rings. The Kier molecular flexibility index (Phi) is 7.86. The minimum Gasteiger partial charge on any atom is -0.494 e. The maximum absolute atomic E-state index is 11.7. The van der Waals surface area contributed by atoms with E-state index in [0.717, 1.165) is 45.3 Å². The Morgan fingerprint density at radius 2 is 1.85 bits per heavy atom. The van der Waals surface area contributed by atoms with Gasteiger partial charge in [-0.2, -0.15) is 0 Å². The first-order valence-corrected chi connectivity index (χ1v) is 10.6. The lowest BCUT2D eigenvalue weighted by atomic mass is 9.97. The van der Waals surface area contributed by atoms with E-state index in [9.17, 15) is 13.2 Å². The largest absolute Gasteiger partial charge is 0.494 e. The van der Waals surface area contributed by atoms with Gasteiger partial charge in [-0.05, 0) is 76.5 Å². The third-order valence-corrected chi connectivity index (χ3v) is 5.43. The molecule has 2 rings (SSSR count). The van der Waals surface area contributed by atoms with Crippen LogP contribution in [-0.4, -0.2) is 52.1 Å². The molecule has 0 bridgehead atoms. The van der Waals surface area contributed by atoms with Crippen LogP contribution in [0.4, 0.5) is 0 Å². The second-order valence-corrected chi connectivity index (χ2v) is 8.00. The highest BCUT2D eigenvalue weighted by atomic mass is 32.2. The summed E-state index contributed by atoms with van der Waals surface area (Å²) in [6, 6.07) is 6.11. The van der Waals surface area contributed by atoms with Crippen LogP contribution in [0.25, 0.3) is 0 Å². The molecule has 7 nitrogen and oxygen atoms in total. The molecule has 0 amide bonds. The molecule has 0 atom stereocenters. The molecule has 0 aliphatic carbocycles. The quantitative estimate of drug-likeness (QED) is 0.515. The van der Waals surface area contributed by atoms with Crippen LogP contribution in [0.1, 0.15) is 32.6 Å². The van der Waals surface area contributed by atoms with Crippen molar-refractivity contribution in [3.8, 4) is 5.75 Å². The van der Waals surface area contributed by atoms with Gasteiger partial charge in [-0.15, -0.1) is 0 Å². The fourth-order valence-corrected chi connectivity index (χ4v) is 3.52. The second kappa shape index (κ2) is 9.89. The lowest BCUT2D eigenvalue weighted by Gasteiger charge is -2.30. The molecular weight excluding hydrogens is 356 g/mol. The molecule has 26 heavy (non-hydrogen) atoms. The Labute approximate surface area is 155 Å². The molecule has 8 heteroatoms. The molecule has 1 aliphatic heterocycles. The fraction of sp³-hybridized carbons (Fsp3) is 0.611. The minimum atomic E-state index is -3.66. The van der Waals surface area contributed by atoms with Gasteiger partial charge in [0.15, 0.2) is 0 Å². The number of hydrogen-bond donors (Lipinski definition) is 1. The van der Waals surface area contributed by atoms with Crippen LogP contribution in [-0.2, 0) is 19.6 Å². The summed E-state index contributed by atoms with van der Waals surface area (Å²) >= 11 is 0. The molecule has 0 spiro atoms. The SMILES string of the molecule is CCOC(=O)C1CCN(CCCCOc2ccc(S(N)(=O)=O)cc2)CC1. The number of esters is 1. The third kappa shape index (κ3) is 6.59. The Balaban J connectivity index is 1.59. The summed E-state index contributed by atoms with van der Waals surface area (Å²) in [5.41, 5.74) is 0. The van der Waals surface area contributed by atoms with Gasteiger partial charge in [0.05, 0.1) is 24.0 Å². The van der Waals surface area contributed by atoms with Gasteiger partial charge in [0, 0.05) is 0 Å². The van der Waals surface area contributed by atoms with Crippen molar-refractivity contribution in [2.45, 2.75) is 37.5 Å². The molecule has 1 aromatic rings. The van der Waals surface area contributed by atoms with Crippen molar-refractivity contribution in [3.05, 3.63) is 24.3 Å². The van der Waals surface area contributed by atoms with Crippen LogP contribution in [0, 0.1) is 5.92 Å². The number of hydrogen-bond acceptors (Lipinski definition) is 6. The van der Waals surface area contributed by atoms with Crippen molar-refractivity contribution in [2.24, 2.45) is 11.1 Å². The van der Waals surface area contributed by atoms with Crippen LogP contribution in [0.3, 0.4) is 0 Å². The summed E-state index contributed by atoms with van der Waals surface area (Å²) in [5, 5.41) is 5.06. The summed E-state index contributed by atoms with van der Waals surface area (Å²) in [5.74, 6) is 0.622. The van der Waals surface area contributed by atoms with Crippen molar-refractivity contribution in [1.29, 1.82) is 0 Å². The molecule has 0 unspecified atom stereocenters. The number of nitrogens with two attached hydrogens (primary N) is 1. The topological polar surface area (TPSA) is 98.9 Å². The first-order chi connectivity index (χ1) is 12.4. The van der Waals surface area contributed by atoms with Crippen molar-refractivity contribution in [1.82, 2.24) is 4.90 Å². The number of piperidine rings is 1. The summed E-state index contributed by atoms with van der Waals surface area (Å²) in [6.45, 7) is 5.71. The van der Waals surface area contributed by atoms with Crippen molar-refractivity contribution in [3.63, 3.8) is 0 Å². The number of carbonyl (C=O) groups is 1.